The molecule has 33 heavy (non-hydrogen) atoms. The summed E-state index contributed by atoms with van der Waals surface area (Å²) in [6, 6.07) is 15.5. The van der Waals surface area contributed by atoms with E-state index in [0.29, 0.717) is 23.6 Å². The zero-order valence-corrected chi connectivity index (χ0v) is 19.3. The quantitative estimate of drug-likeness (QED) is 0.201. The zero-order valence-electron chi connectivity index (χ0n) is 18.4. The van der Waals surface area contributed by atoms with E-state index in [0.717, 1.165) is 24.1 Å². The van der Waals surface area contributed by atoms with Gasteiger partial charge in [0, 0.05) is 16.6 Å². The summed E-state index contributed by atoms with van der Waals surface area (Å²) in [5, 5.41) is 13.0. The lowest BCUT2D eigenvalue weighted by molar-refractivity contribution is -0.140. The van der Waals surface area contributed by atoms with Crippen LogP contribution in [0.3, 0.4) is 0 Å². The zero-order chi connectivity index (χ0) is 23.2. The SMILES string of the molecule is CCCCCOc1ccc(/C(O)=C2/C(=O)C(=O)N(Cc3ccccn3)C2c2cccs2)cc1. The molecule has 0 spiro atoms. The molecule has 3 aromatic rings. The van der Waals surface area contributed by atoms with Gasteiger partial charge in [0.05, 0.1) is 24.4 Å². The molecule has 7 heteroatoms. The van der Waals surface area contributed by atoms with E-state index in [4.69, 9.17) is 4.74 Å². The molecule has 0 radical (unpaired) electrons. The molecule has 3 heterocycles. The van der Waals surface area contributed by atoms with E-state index in [1.54, 1.807) is 36.5 Å². The minimum Gasteiger partial charge on any atom is -0.507 e. The van der Waals surface area contributed by atoms with Gasteiger partial charge >= 0.3 is 0 Å². The number of carbonyl (C=O) groups excluding carboxylic acids is 2. The number of nitrogens with zero attached hydrogens (tertiary/aromatic N) is 2. The molecule has 1 atom stereocenters. The number of rotatable bonds is 9. The highest BCUT2D eigenvalue weighted by molar-refractivity contribution is 7.10. The van der Waals surface area contributed by atoms with E-state index in [-0.39, 0.29) is 17.9 Å². The van der Waals surface area contributed by atoms with E-state index < -0.39 is 17.7 Å². The van der Waals surface area contributed by atoms with Crippen LogP contribution in [-0.4, -0.2) is 33.3 Å². The van der Waals surface area contributed by atoms with Gasteiger partial charge in [0.25, 0.3) is 11.7 Å². The fraction of sp³-hybridized carbons (Fsp3) is 0.269. The molecule has 1 fully saturated rings. The van der Waals surface area contributed by atoms with Crippen LogP contribution in [0.2, 0.25) is 0 Å². The number of likely N-dealkylation sites (tertiary alicyclic amines) is 1. The Hall–Kier alpha value is -3.45. The highest BCUT2D eigenvalue weighted by Crippen LogP contribution is 2.41. The number of thiophene rings is 1. The summed E-state index contributed by atoms with van der Waals surface area (Å²) >= 11 is 1.44. The van der Waals surface area contributed by atoms with Gasteiger partial charge in [0.15, 0.2) is 0 Å². The van der Waals surface area contributed by atoms with Crippen LogP contribution in [0.4, 0.5) is 0 Å². The third-order valence-electron chi connectivity index (χ3n) is 5.56. The highest BCUT2D eigenvalue weighted by atomic mass is 32.1. The van der Waals surface area contributed by atoms with E-state index in [9.17, 15) is 14.7 Å². The average Bonchev–Trinajstić information content (AvgIpc) is 3.45. The number of aliphatic hydroxyl groups is 1. The van der Waals surface area contributed by atoms with Crippen molar-refractivity contribution >= 4 is 28.8 Å². The molecule has 1 aliphatic rings. The molecule has 6 nitrogen and oxygen atoms in total. The third-order valence-corrected chi connectivity index (χ3v) is 6.48. The van der Waals surface area contributed by atoms with Gasteiger partial charge in [-0.3, -0.25) is 14.6 Å². The largest absolute Gasteiger partial charge is 0.507 e. The van der Waals surface area contributed by atoms with Crippen molar-refractivity contribution in [3.05, 3.63) is 87.9 Å². The second kappa shape index (κ2) is 10.4. The van der Waals surface area contributed by atoms with Crippen molar-refractivity contribution in [2.45, 2.75) is 38.8 Å². The Balaban J connectivity index is 1.65. The van der Waals surface area contributed by atoms with Crippen molar-refractivity contribution in [1.82, 2.24) is 9.88 Å². The molecule has 0 aliphatic carbocycles. The number of benzene rings is 1. The number of pyridine rings is 1. The first kappa shape index (κ1) is 22.7. The number of aromatic nitrogens is 1. The Kier molecular flexibility index (Phi) is 7.19. The summed E-state index contributed by atoms with van der Waals surface area (Å²) in [4.78, 5) is 32.6. The van der Waals surface area contributed by atoms with Gasteiger partial charge in [-0.15, -0.1) is 11.3 Å². The summed E-state index contributed by atoms with van der Waals surface area (Å²) in [7, 11) is 0. The molecule has 1 saturated heterocycles. The molecule has 170 valence electrons. The van der Waals surface area contributed by atoms with E-state index in [1.165, 1.54) is 16.2 Å². The molecule has 2 aromatic heterocycles. The number of carbonyl (C=O) groups is 2. The molecule has 1 unspecified atom stereocenters. The summed E-state index contributed by atoms with van der Waals surface area (Å²) in [5.74, 6) is -0.820. The van der Waals surface area contributed by atoms with Crippen LogP contribution in [0, 0.1) is 0 Å². The van der Waals surface area contributed by atoms with Crippen LogP contribution in [0.25, 0.3) is 5.76 Å². The van der Waals surface area contributed by atoms with E-state index in [2.05, 4.69) is 11.9 Å². The number of ketones is 1. The second-order valence-corrected chi connectivity index (χ2v) is 8.82. The molecule has 1 amide bonds. The van der Waals surface area contributed by atoms with Crippen molar-refractivity contribution in [2.75, 3.05) is 6.61 Å². The van der Waals surface area contributed by atoms with Gasteiger partial charge < -0.3 is 14.7 Å². The number of ether oxygens (including phenoxy) is 1. The van der Waals surface area contributed by atoms with Gasteiger partial charge in [0.2, 0.25) is 0 Å². The van der Waals surface area contributed by atoms with Gasteiger partial charge in [-0.1, -0.05) is 31.9 Å². The molecule has 4 rings (SSSR count). The molecule has 0 bridgehead atoms. The summed E-state index contributed by atoms with van der Waals surface area (Å²) in [6.07, 6.45) is 4.87. The van der Waals surface area contributed by atoms with Crippen LogP contribution in [0.5, 0.6) is 5.75 Å². The number of hydrogen-bond donors (Lipinski definition) is 1. The summed E-state index contributed by atoms with van der Waals surface area (Å²) in [6.45, 7) is 2.95. The Morgan fingerprint density at radius 2 is 1.91 bits per heavy atom. The Labute approximate surface area is 197 Å². The van der Waals surface area contributed by atoms with E-state index >= 15 is 0 Å². The highest BCUT2D eigenvalue weighted by Gasteiger charge is 2.46. The first-order valence-corrected chi connectivity index (χ1v) is 11.9. The van der Waals surface area contributed by atoms with Gasteiger partial charge in [-0.05, 0) is 54.3 Å². The number of amides is 1. The summed E-state index contributed by atoms with van der Waals surface area (Å²) < 4.78 is 5.74. The first-order valence-electron chi connectivity index (χ1n) is 11.0. The predicted octanol–water partition coefficient (Wildman–Crippen LogP) is 5.33. The number of unbranched alkanes of at least 4 members (excludes halogenated alkanes) is 2. The number of aliphatic hydroxyl groups excluding tert-OH is 1. The maximum atomic E-state index is 13.0. The van der Waals surface area contributed by atoms with E-state index in [1.807, 2.05) is 29.6 Å². The maximum Gasteiger partial charge on any atom is 0.296 e. The van der Waals surface area contributed by atoms with Crippen molar-refractivity contribution in [2.24, 2.45) is 0 Å². The van der Waals surface area contributed by atoms with Gasteiger partial charge in [0.1, 0.15) is 17.6 Å². The fourth-order valence-electron chi connectivity index (χ4n) is 3.86. The fourth-order valence-corrected chi connectivity index (χ4v) is 4.70. The molecular weight excluding hydrogens is 436 g/mol. The lowest BCUT2D eigenvalue weighted by Gasteiger charge is -2.23. The molecule has 1 N–H and O–H groups in total. The van der Waals surface area contributed by atoms with Crippen LogP contribution >= 0.6 is 11.3 Å². The van der Waals surface area contributed by atoms with Crippen molar-refractivity contribution < 1.29 is 19.4 Å². The normalized spacial score (nSPS) is 17.5. The van der Waals surface area contributed by atoms with Crippen molar-refractivity contribution in [1.29, 1.82) is 0 Å². The lowest BCUT2D eigenvalue weighted by Crippen LogP contribution is -2.29. The Morgan fingerprint density at radius 1 is 1.09 bits per heavy atom. The maximum absolute atomic E-state index is 13.0. The van der Waals surface area contributed by atoms with Crippen LogP contribution < -0.4 is 4.74 Å². The molecule has 0 saturated carbocycles. The Bertz CT molecular complexity index is 1120. The summed E-state index contributed by atoms with van der Waals surface area (Å²) in [5.41, 5.74) is 1.23. The lowest BCUT2D eigenvalue weighted by atomic mass is 10.00. The van der Waals surface area contributed by atoms with Crippen LogP contribution in [0.15, 0.2) is 71.7 Å². The number of hydrogen-bond acceptors (Lipinski definition) is 6. The molecule has 1 aromatic carbocycles. The molecular formula is C26H26N2O4S. The predicted molar refractivity (Wildman–Crippen MR) is 128 cm³/mol. The smallest absolute Gasteiger partial charge is 0.296 e. The Morgan fingerprint density at radius 3 is 2.58 bits per heavy atom. The second-order valence-electron chi connectivity index (χ2n) is 7.84. The van der Waals surface area contributed by atoms with Crippen LogP contribution in [-0.2, 0) is 16.1 Å². The van der Waals surface area contributed by atoms with Crippen molar-refractivity contribution in [3.8, 4) is 5.75 Å². The number of Topliss-reactive ketones (excluding diaryl/α,β-unsaturated/α-hetero) is 1. The third kappa shape index (κ3) is 4.98. The average molecular weight is 463 g/mol. The van der Waals surface area contributed by atoms with Crippen molar-refractivity contribution in [3.63, 3.8) is 0 Å². The monoisotopic (exact) mass is 462 g/mol. The molecule has 1 aliphatic heterocycles. The van der Waals surface area contributed by atoms with Gasteiger partial charge in [-0.2, -0.15) is 0 Å². The minimum atomic E-state index is -0.693. The van der Waals surface area contributed by atoms with Crippen LogP contribution in [0.1, 0.15) is 48.4 Å². The topological polar surface area (TPSA) is 79.7 Å². The standard InChI is InChI=1S/C26H26N2O4S/c1-2-3-6-15-32-20-12-10-18(11-13-20)24(29)22-23(21-9-7-16-33-21)28(26(31)25(22)30)17-19-8-4-5-14-27-19/h4-5,7-14,16,23,29H,2-3,6,15,17H2,1H3/b24-22-. The van der Waals surface area contributed by atoms with Gasteiger partial charge in [-0.25, -0.2) is 0 Å². The minimum absolute atomic E-state index is 0.0926. The first-order chi connectivity index (χ1) is 16.1.